The maximum atomic E-state index is 12.7. The molecular weight excluding hydrogens is 400 g/mol. The van der Waals surface area contributed by atoms with Crippen LogP contribution in [-0.2, 0) is 17.8 Å². The van der Waals surface area contributed by atoms with Crippen LogP contribution in [-0.4, -0.2) is 53.7 Å². The van der Waals surface area contributed by atoms with E-state index >= 15 is 0 Å². The Hall–Kier alpha value is -3.89. The maximum Gasteiger partial charge on any atom is 0.410 e. The first-order chi connectivity index (χ1) is 15.0. The molecule has 1 aliphatic rings. The van der Waals surface area contributed by atoms with Crippen LogP contribution >= 0.6 is 0 Å². The van der Waals surface area contributed by atoms with Gasteiger partial charge in [0.05, 0.1) is 19.2 Å². The lowest BCUT2D eigenvalue weighted by Crippen LogP contribution is -2.25. The van der Waals surface area contributed by atoms with Gasteiger partial charge in [0.15, 0.2) is 0 Å². The normalized spacial score (nSPS) is 12.7. The second-order valence-electron chi connectivity index (χ2n) is 7.30. The quantitative estimate of drug-likeness (QED) is 0.664. The zero-order chi connectivity index (χ0) is 22.0. The molecule has 0 saturated heterocycles. The van der Waals surface area contributed by atoms with E-state index in [2.05, 4.69) is 30.8 Å². The van der Waals surface area contributed by atoms with Gasteiger partial charge in [0.2, 0.25) is 5.82 Å². The van der Waals surface area contributed by atoms with Gasteiger partial charge in [-0.3, -0.25) is 14.7 Å². The summed E-state index contributed by atoms with van der Waals surface area (Å²) in [4.78, 5) is 35.0. The molecule has 0 fully saturated rings. The minimum absolute atomic E-state index is 0.0647. The fourth-order valence-electron chi connectivity index (χ4n) is 3.27. The van der Waals surface area contributed by atoms with Crippen molar-refractivity contribution in [1.82, 2.24) is 35.1 Å². The third-order valence-electron chi connectivity index (χ3n) is 4.77. The highest BCUT2D eigenvalue weighted by Gasteiger charge is 2.26. The summed E-state index contributed by atoms with van der Waals surface area (Å²) < 4.78 is 6.70. The van der Waals surface area contributed by atoms with Crippen LogP contribution in [0.1, 0.15) is 48.4 Å². The third-order valence-corrected chi connectivity index (χ3v) is 4.77. The van der Waals surface area contributed by atoms with E-state index in [1.165, 1.54) is 0 Å². The van der Waals surface area contributed by atoms with Crippen molar-refractivity contribution >= 4 is 17.8 Å². The average molecular weight is 422 g/mol. The van der Waals surface area contributed by atoms with Crippen molar-refractivity contribution < 1.29 is 14.3 Å². The molecule has 1 aliphatic heterocycles. The molecule has 0 spiro atoms. The highest BCUT2D eigenvalue weighted by atomic mass is 16.6. The topological polar surface area (TPSA) is 128 Å². The Kier molecular flexibility index (Phi) is 5.56. The first-order valence-electron chi connectivity index (χ1n) is 9.92. The minimum atomic E-state index is -0.398. The van der Waals surface area contributed by atoms with Gasteiger partial charge in [-0.25, -0.2) is 14.5 Å². The standard InChI is InChI=1S/C20H22N8O3/c1-4-31-20(30)27-10-13-8-16(21-9-14(13)11-27)19(29)23-17-7-5-6-15(22-17)18-24-25-26-28(18)12(2)3/h5-9,12H,4,10-11H2,1-3H3,(H,22,23,29). The predicted octanol–water partition coefficient (Wildman–Crippen LogP) is 2.44. The third kappa shape index (κ3) is 4.20. The molecule has 0 unspecified atom stereocenters. The molecule has 0 aromatic carbocycles. The van der Waals surface area contributed by atoms with E-state index in [0.717, 1.165) is 11.1 Å². The molecule has 4 heterocycles. The molecule has 0 saturated carbocycles. The number of aromatic nitrogens is 6. The van der Waals surface area contributed by atoms with Crippen LogP contribution in [0, 0.1) is 0 Å². The molecule has 0 atom stereocenters. The van der Waals surface area contributed by atoms with Gasteiger partial charge >= 0.3 is 6.09 Å². The van der Waals surface area contributed by atoms with E-state index in [1.807, 2.05) is 13.8 Å². The Morgan fingerprint density at radius 1 is 1.23 bits per heavy atom. The summed E-state index contributed by atoms with van der Waals surface area (Å²) in [6.07, 6.45) is 1.24. The van der Waals surface area contributed by atoms with Crippen molar-refractivity contribution in [1.29, 1.82) is 0 Å². The molecule has 0 bridgehead atoms. The fraction of sp³-hybridized carbons (Fsp3) is 0.350. The fourth-order valence-corrected chi connectivity index (χ4v) is 3.27. The second kappa shape index (κ2) is 8.46. The van der Waals surface area contributed by atoms with Crippen LogP contribution in [0.2, 0.25) is 0 Å². The van der Waals surface area contributed by atoms with E-state index in [-0.39, 0.29) is 17.8 Å². The van der Waals surface area contributed by atoms with Crippen LogP contribution in [0.5, 0.6) is 0 Å². The van der Waals surface area contributed by atoms with Gasteiger partial charge in [0.1, 0.15) is 17.2 Å². The van der Waals surface area contributed by atoms with E-state index in [1.54, 1.807) is 47.0 Å². The number of carbonyl (C=O) groups excluding carboxylic acids is 2. The van der Waals surface area contributed by atoms with Gasteiger partial charge in [-0.1, -0.05) is 6.07 Å². The highest BCUT2D eigenvalue weighted by Crippen LogP contribution is 2.24. The molecule has 2 amide bonds. The lowest BCUT2D eigenvalue weighted by atomic mass is 10.1. The summed E-state index contributed by atoms with van der Waals surface area (Å²) in [7, 11) is 0. The summed E-state index contributed by atoms with van der Waals surface area (Å²) in [6, 6.07) is 6.98. The molecule has 11 heteroatoms. The molecule has 1 N–H and O–H groups in total. The SMILES string of the molecule is CCOC(=O)N1Cc2cnc(C(=O)Nc3cccc(-c4nnnn4C(C)C)n3)cc2C1. The maximum absolute atomic E-state index is 12.7. The number of hydrogen-bond acceptors (Lipinski definition) is 8. The van der Waals surface area contributed by atoms with Crippen molar-refractivity contribution in [2.24, 2.45) is 0 Å². The Morgan fingerprint density at radius 3 is 2.81 bits per heavy atom. The average Bonchev–Trinajstić information content (AvgIpc) is 3.41. The number of carbonyl (C=O) groups is 2. The lowest BCUT2D eigenvalue weighted by molar-refractivity contribution is 0.102. The Balaban J connectivity index is 1.50. The second-order valence-corrected chi connectivity index (χ2v) is 7.30. The van der Waals surface area contributed by atoms with Gasteiger partial charge < -0.3 is 10.1 Å². The summed E-state index contributed by atoms with van der Waals surface area (Å²) >= 11 is 0. The molecule has 11 nitrogen and oxygen atoms in total. The molecule has 3 aromatic heterocycles. The number of ether oxygens (including phenoxy) is 1. The summed E-state index contributed by atoms with van der Waals surface area (Å²) in [5.41, 5.74) is 2.54. The van der Waals surface area contributed by atoms with Crippen LogP contribution in [0.25, 0.3) is 11.5 Å². The molecule has 0 aliphatic carbocycles. The number of rotatable bonds is 5. The molecule has 160 valence electrons. The number of fused-ring (bicyclic) bond motifs is 1. The van der Waals surface area contributed by atoms with Crippen LogP contribution in [0.4, 0.5) is 10.6 Å². The van der Waals surface area contributed by atoms with Gasteiger partial charge in [0, 0.05) is 12.7 Å². The van der Waals surface area contributed by atoms with Crippen molar-refractivity contribution in [3.8, 4) is 11.5 Å². The zero-order valence-electron chi connectivity index (χ0n) is 17.4. The number of amides is 2. The first kappa shape index (κ1) is 20.4. The number of nitrogens with one attached hydrogen (secondary N) is 1. The summed E-state index contributed by atoms with van der Waals surface area (Å²) in [5, 5.41) is 14.5. The molecule has 31 heavy (non-hydrogen) atoms. The Labute approximate surface area is 178 Å². The summed E-state index contributed by atoms with van der Waals surface area (Å²) in [6.45, 7) is 6.80. The number of anilines is 1. The first-order valence-corrected chi connectivity index (χ1v) is 9.92. The molecule has 3 aromatic rings. The Morgan fingerprint density at radius 2 is 2.03 bits per heavy atom. The van der Waals surface area contributed by atoms with E-state index < -0.39 is 5.91 Å². The van der Waals surface area contributed by atoms with E-state index in [9.17, 15) is 9.59 Å². The molecule has 4 rings (SSSR count). The lowest BCUT2D eigenvalue weighted by Gasteiger charge is -2.13. The van der Waals surface area contributed by atoms with E-state index in [4.69, 9.17) is 4.74 Å². The predicted molar refractivity (Wildman–Crippen MR) is 110 cm³/mol. The van der Waals surface area contributed by atoms with Gasteiger partial charge in [-0.15, -0.1) is 5.10 Å². The van der Waals surface area contributed by atoms with Gasteiger partial charge in [0.25, 0.3) is 5.91 Å². The molecular formula is C20H22N8O3. The number of hydrogen-bond donors (Lipinski definition) is 1. The minimum Gasteiger partial charge on any atom is -0.450 e. The van der Waals surface area contributed by atoms with Crippen molar-refractivity contribution in [3.63, 3.8) is 0 Å². The Bertz CT molecular complexity index is 1130. The largest absolute Gasteiger partial charge is 0.450 e. The van der Waals surface area contributed by atoms with Gasteiger partial charge in [-0.2, -0.15) is 0 Å². The van der Waals surface area contributed by atoms with Crippen LogP contribution in [0.3, 0.4) is 0 Å². The smallest absolute Gasteiger partial charge is 0.410 e. The van der Waals surface area contributed by atoms with Crippen LogP contribution in [0.15, 0.2) is 30.5 Å². The monoisotopic (exact) mass is 422 g/mol. The van der Waals surface area contributed by atoms with Crippen molar-refractivity contribution in [3.05, 3.63) is 47.3 Å². The number of nitrogens with zero attached hydrogens (tertiary/aromatic N) is 7. The number of tetrazole rings is 1. The summed E-state index contributed by atoms with van der Waals surface area (Å²) in [5.74, 6) is 0.475. The van der Waals surface area contributed by atoms with E-state index in [0.29, 0.717) is 37.0 Å². The van der Waals surface area contributed by atoms with Crippen molar-refractivity contribution in [2.45, 2.75) is 39.9 Å². The van der Waals surface area contributed by atoms with Crippen molar-refractivity contribution in [2.75, 3.05) is 11.9 Å². The molecule has 0 radical (unpaired) electrons. The van der Waals surface area contributed by atoms with Gasteiger partial charge in [-0.05, 0) is 60.5 Å². The zero-order valence-corrected chi connectivity index (χ0v) is 17.4. The highest BCUT2D eigenvalue weighted by molar-refractivity contribution is 6.02. The van der Waals surface area contributed by atoms with Crippen LogP contribution < -0.4 is 5.32 Å². The number of pyridine rings is 2.